The summed E-state index contributed by atoms with van der Waals surface area (Å²) in [7, 11) is 0. The molecule has 0 radical (unpaired) electrons. The first kappa shape index (κ1) is 16.3. The second-order valence-corrected chi connectivity index (χ2v) is 7.54. The van der Waals surface area contributed by atoms with Gasteiger partial charge in [0.2, 0.25) is 11.8 Å². The molecule has 0 N–H and O–H groups in total. The smallest absolute Gasteiger partial charge is 0.276 e. The molecular weight excluding hydrogens is 356 g/mol. The van der Waals surface area contributed by atoms with Crippen LogP contribution in [0.2, 0.25) is 0 Å². The van der Waals surface area contributed by atoms with E-state index in [1.54, 1.807) is 11.8 Å². The summed E-state index contributed by atoms with van der Waals surface area (Å²) in [6.07, 6.45) is 2.28. The zero-order valence-corrected chi connectivity index (χ0v) is 15.2. The molecule has 1 amide bonds. The fraction of sp³-hybridized carbons (Fsp3) is 0.294. The highest BCUT2D eigenvalue weighted by Crippen LogP contribution is 2.40. The lowest BCUT2D eigenvalue weighted by Crippen LogP contribution is -2.22. The first-order valence-corrected chi connectivity index (χ1v) is 9.83. The SMILES string of the molecule is CC(=O)N(c1ccccc1)c1nc(CSc2nnc(C3CC3)o2)cs1. The highest BCUT2D eigenvalue weighted by atomic mass is 32.2. The third-order valence-corrected chi connectivity index (χ3v) is 5.48. The monoisotopic (exact) mass is 372 g/mol. The summed E-state index contributed by atoms with van der Waals surface area (Å²) in [5.41, 5.74) is 1.70. The van der Waals surface area contributed by atoms with Crippen LogP contribution in [0.1, 0.15) is 37.3 Å². The Hall–Kier alpha value is -2.19. The van der Waals surface area contributed by atoms with Gasteiger partial charge in [-0.15, -0.1) is 21.5 Å². The molecule has 6 nitrogen and oxygen atoms in total. The number of carbonyl (C=O) groups is 1. The Bertz CT molecular complexity index is 874. The molecule has 0 aliphatic heterocycles. The number of amides is 1. The molecule has 2 aromatic heterocycles. The number of rotatable bonds is 6. The first-order valence-electron chi connectivity index (χ1n) is 7.97. The van der Waals surface area contributed by atoms with E-state index in [1.165, 1.54) is 23.1 Å². The molecule has 4 rings (SSSR count). The Labute approximate surface area is 153 Å². The van der Waals surface area contributed by atoms with Crippen LogP contribution in [-0.4, -0.2) is 21.1 Å². The number of para-hydroxylation sites is 1. The van der Waals surface area contributed by atoms with Crippen LogP contribution in [0.4, 0.5) is 10.8 Å². The maximum atomic E-state index is 12.1. The van der Waals surface area contributed by atoms with Crippen LogP contribution in [0.5, 0.6) is 0 Å². The summed E-state index contributed by atoms with van der Waals surface area (Å²) in [4.78, 5) is 18.3. The number of hydrogen-bond donors (Lipinski definition) is 0. The molecule has 25 heavy (non-hydrogen) atoms. The van der Waals surface area contributed by atoms with Gasteiger partial charge in [-0.25, -0.2) is 4.98 Å². The maximum Gasteiger partial charge on any atom is 0.276 e. The van der Waals surface area contributed by atoms with Crippen LogP contribution < -0.4 is 4.90 Å². The zero-order chi connectivity index (χ0) is 17.2. The van der Waals surface area contributed by atoms with Gasteiger partial charge in [0, 0.05) is 24.0 Å². The average molecular weight is 372 g/mol. The first-order chi connectivity index (χ1) is 12.2. The van der Waals surface area contributed by atoms with Crippen molar-refractivity contribution < 1.29 is 9.21 Å². The highest BCUT2D eigenvalue weighted by molar-refractivity contribution is 7.98. The van der Waals surface area contributed by atoms with Crippen molar-refractivity contribution in [2.45, 2.75) is 36.7 Å². The van der Waals surface area contributed by atoms with Gasteiger partial charge in [-0.05, 0) is 25.0 Å². The number of carbonyl (C=O) groups excluding carboxylic acids is 1. The summed E-state index contributed by atoms with van der Waals surface area (Å²) < 4.78 is 5.64. The molecule has 1 saturated carbocycles. The summed E-state index contributed by atoms with van der Waals surface area (Å²) in [5, 5.41) is 11.3. The van der Waals surface area contributed by atoms with Gasteiger partial charge in [0.1, 0.15) is 0 Å². The Balaban J connectivity index is 1.45. The largest absolute Gasteiger partial charge is 0.416 e. The molecule has 0 spiro atoms. The molecule has 2 heterocycles. The van der Waals surface area contributed by atoms with E-state index in [2.05, 4.69) is 15.2 Å². The van der Waals surface area contributed by atoms with Gasteiger partial charge in [-0.2, -0.15) is 0 Å². The fourth-order valence-corrected chi connectivity index (χ4v) is 4.03. The summed E-state index contributed by atoms with van der Waals surface area (Å²) in [5.74, 6) is 1.77. The number of hydrogen-bond acceptors (Lipinski definition) is 7. The molecule has 0 bridgehead atoms. The number of thioether (sulfide) groups is 1. The van der Waals surface area contributed by atoms with Gasteiger partial charge in [0.25, 0.3) is 5.22 Å². The Morgan fingerprint density at radius 1 is 1.32 bits per heavy atom. The molecule has 3 aromatic rings. The number of nitrogens with zero attached hydrogens (tertiary/aromatic N) is 4. The van der Waals surface area contributed by atoms with Crippen LogP contribution in [0, 0.1) is 0 Å². The van der Waals surface area contributed by atoms with E-state index in [0.29, 0.717) is 22.0 Å². The van der Waals surface area contributed by atoms with Crippen LogP contribution in [0.15, 0.2) is 45.4 Å². The quantitative estimate of drug-likeness (QED) is 0.598. The lowest BCUT2D eigenvalue weighted by molar-refractivity contribution is -0.115. The minimum Gasteiger partial charge on any atom is -0.416 e. The standard InChI is InChI=1S/C17H16N4O2S2/c1-11(22)21(14-5-3-2-4-6-14)16-18-13(9-24-16)10-25-17-20-19-15(23-17)12-7-8-12/h2-6,9,12H,7-8,10H2,1H3. The number of benzene rings is 1. The van der Waals surface area contributed by atoms with Gasteiger partial charge < -0.3 is 4.42 Å². The van der Waals surface area contributed by atoms with E-state index in [9.17, 15) is 4.79 Å². The van der Waals surface area contributed by atoms with Crippen LogP contribution in [0.3, 0.4) is 0 Å². The second-order valence-electron chi connectivity index (χ2n) is 5.78. The molecular formula is C17H16N4O2S2. The topological polar surface area (TPSA) is 72.1 Å². The van der Waals surface area contributed by atoms with Gasteiger partial charge in [0.05, 0.1) is 11.4 Å². The highest BCUT2D eigenvalue weighted by Gasteiger charge is 2.29. The van der Waals surface area contributed by atoms with Gasteiger partial charge >= 0.3 is 0 Å². The van der Waals surface area contributed by atoms with E-state index in [0.717, 1.165) is 30.1 Å². The lowest BCUT2D eigenvalue weighted by Gasteiger charge is -2.17. The predicted octanol–water partition coefficient (Wildman–Crippen LogP) is 4.38. The maximum absolute atomic E-state index is 12.1. The van der Waals surface area contributed by atoms with Crippen molar-refractivity contribution in [1.29, 1.82) is 0 Å². The third kappa shape index (κ3) is 3.74. The second kappa shape index (κ2) is 6.97. The molecule has 1 aromatic carbocycles. The Kier molecular flexibility index (Phi) is 4.54. The minimum atomic E-state index is -0.0641. The average Bonchev–Trinajstić information content (AvgIpc) is 3.17. The lowest BCUT2D eigenvalue weighted by atomic mass is 10.3. The van der Waals surface area contributed by atoms with E-state index in [4.69, 9.17) is 4.42 Å². The van der Waals surface area contributed by atoms with Crippen molar-refractivity contribution in [3.8, 4) is 0 Å². The molecule has 0 unspecified atom stereocenters. The van der Waals surface area contributed by atoms with Gasteiger partial charge in [0.15, 0.2) is 5.13 Å². The van der Waals surface area contributed by atoms with Gasteiger partial charge in [-0.3, -0.25) is 9.69 Å². The van der Waals surface area contributed by atoms with Gasteiger partial charge in [-0.1, -0.05) is 30.0 Å². The van der Waals surface area contributed by atoms with Crippen LogP contribution >= 0.6 is 23.1 Å². The Morgan fingerprint density at radius 3 is 2.84 bits per heavy atom. The number of anilines is 2. The van der Waals surface area contributed by atoms with Crippen LogP contribution in [0.25, 0.3) is 0 Å². The van der Waals surface area contributed by atoms with Crippen molar-refractivity contribution in [2.24, 2.45) is 0 Å². The Morgan fingerprint density at radius 2 is 2.12 bits per heavy atom. The summed E-state index contributed by atoms with van der Waals surface area (Å²) in [6, 6.07) is 9.53. The molecule has 8 heteroatoms. The van der Waals surface area contributed by atoms with Crippen molar-refractivity contribution >= 4 is 39.8 Å². The van der Waals surface area contributed by atoms with E-state index in [1.807, 2.05) is 35.7 Å². The van der Waals surface area contributed by atoms with Crippen LogP contribution in [-0.2, 0) is 10.5 Å². The molecule has 1 aliphatic carbocycles. The van der Waals surface area contributed by atoms with Crippen molar-refractivity contribution in [2.75, 3.05) is 4.90 Å². The van der Waals surface area contributed by atoms with E-state index < -0.39 is 0 Å². The van der Waals surface area contributed by atoms with Crippen molar-refractivity contribution in [1.82, 2.24) is 15.2 Å². The zero-order valence-electron chi connectivity index (χ0n) is 13.6. The van der Waals surface area contributed by atoms with Crippen molar-refractivity contribution in [3.63, 3.8) is 0 Å². The molecule has 1 fully saturated rings. The third-order valence-electron chi connectivity index (χ3n) is 3.75. The molecule has 128 valence electrons. The normalized spacial score (nSPS) is 13.8. The predicted molar refractivity (Wildman–Crippen MR) is 97.2 cm³/mol. The van der Waals surface area contributed by atoms with E-state index >= 15 is 0 Å². The molecule has 0 atom stereocenters. The molecule has 1 aliphatic rings. The van der Waals surface area contributed by atoms with Crippen molar-refractivity contribution in [3.05, 3.63) is 47.3 Å². The minimum absolute atomic E-state index is 0.0641. The molecule has 0 saturated heterocycles. The van der Waals surface area contributed by atoms with E-state index in [-0.39, 0.29) is 5.91 Å². The number of thiazole rings is 1. The fourth-order valence-electron chi connectivity index (χ4n) is 2.38. The number of aromatic nitrogens is 3. The summed E-state index contributed by atoms with van der Waals surface area (Å²) >= 11 is 2.92. The summed E-state index contributed by atoms with van der Waals surface area (Å²) in [6.45, 7) is 1.54.